The fourth-order valence-corrected chi connectivity index (χ4v) is 10.3. The normalized spacial score (nSPS) is 13.0. The standard InChI is InChI=1S/C58H44N4O/c1-5-35-18-13-14-23-40(35)43-32-45-46-33-44-41-24-15-16-26-48(41)58(3,4)49(44)34-51(46)62(50(45)30-36(43)6-2)39-28-29-52-47(31-39)54-42(25-17-27-53(54)63-52)57-60-55(37-19-9-7-10-20-37)59-56(61-57)38-21-11-8-12-22-38/h7-34H,5-6H2,1-4H3. The summed E-state index contributed by atoms with van der Waals surface area (Å²) >= 11 is 0. The molecule has 11 aromatic rings. The third-order valence-corrected chi connectivity index (χ3v) is 13.4. The topological polar surface area (TPSA) is 56.7 Å². The molecule has 0 N–H and O–H groups in total. The molecule has 63 heavy (non-hydrogen) atoms. The summed E-state index contributed by atoms with van der Waals surface area (Å²) in [5.41, 5.74) is 18.4. The van der Waals surface area contributed by atoms with Crippen LogP contribution in [0.5, 0.6) is 0 Å². The highest BCUT2D eigenvalue weighted by atomic mass is 16.3. The van der Waals surface area contributed by atoms with Crippen LogP contribution < -0.4 is 0 Å². The van der Waals surface area contributed by atoms with Gasteiger partial charge in [0.25, 0.3) is 0 Å². The minimum absolute atomic E-state index is 0.150. The molecule has 0 bridgehead atoms. The predicted molar refractivity (Wildman–Crippen MR) is 260 cm³/mol. The number of aromatic nitrogens is 4. The van der Waals surface area contributed by atoms with E-state index in [4.69, 9.17) is 19.4 Å². The van der Waals surface area contributed by atoms with Crippen LogP contribution in [0.2, 0.25) is 0 Å². The average molecular weight is 813 g/mol. The van der Waals surface area contributed by atoms with Gasteiger partial charge < -0.3 is 8.98 Å². The maximum atomic E-state index is 6.66. The fraction of sp³-hybridized carbons (Fsp3) is 0.121. The van der Waals surface area contributed by atoms with Crippen molar-refractivity contribution < 1.29 is 4.42 Å². The molecular formula is C58H44N4O. The Kier molecular flexibility index (Phi) is 8.39. The molecule has 0 saturated heterocycles. The van der Waals surface area contributed by atoms with E-state index in [1.807, 2.05) is 72.8 Å². The monoisotopic (exact) mass is 812 g/mol. The first-order valence-electron chi connectivity index (χ1n) is 22.1. The van der Waals surface area contributed by atoms with Crippen LogP contribution in [0.1, 0.15) is 49.9 Å². The second kappa shape index (κ2) is 14.2. The maximum Gasteiger partial charge on any atom is 0.164 e. The molecule has 0 radical (unpaired) electrons. The highest BCUT2D eigenvalue weighted by molar-refractivity contribution is 6.15. The smallest absolute Gasteiger partial charge is 0.164 e. The third kappa shape index (κ3) is 5.73. The summed E-state index contributed by atoms with van der Waals surface area (Å²) in [6.45, 7) is 9.26. The van der Waals surface area contributed by atoms with Crippen molar-refractivity contribution in [2.75, 3.05) is 0 Å². The van der Waals surface area contributed by atoms with E-state index < -0.39 is 0 Å². The van der Waals surface area contributed by atoms with E-state index in [0.717, 1.165) is 57.2 Å². The number of nitrogens with zero attached hydrogens (tertiary/aromatic N) is 4. The summed E-state index contributed by atoms with van der Waals surface area (Å²) in [6, 6.07) is 60.8. The highest BCUT2D eigenvalue weighted by Crippen LogP contribution is 2.51. The first kappa shape index (κ1) is 37.2. The minimum Gasteiger partial charge on any atom is -0.456 e. The van der Waals surface area contributed by atoms with Crippen LogP contribution in [0.3, 0.4) is 0 Å². The second-order valence-electron chi connectivity index (χ2n) is 17.3. The summed E-state index contributed by atoms with van der Waals surface area (Å²) in [5, 5.41) is 4.48. The molecule has 1 aliphatic carbocycles. The molecule has 1 aliphatic rings. The van der Waals surface area contributed by atoms with Crippen molar-refractivity contribution in [3.05, 3.63) is 192 Å². The van der Waals surface area contributed by atoms with Crippen LogP contribution in [0.15, 0.2) is 174 Å². The summed E-state index contributed by atoms with van der Waals surface area (Å²) in [5.74, 6) is 1.85. The minimum atomic E-state index is -0.150. The molecule has 0 amide bonds. The second-order valence-corrected chi connectivity index (χ2v) is 17.3. The van der Waals surface area contributed by atoms with Crippen LogP contribution in [-0.4, -0.2) is 19.5 Å². The molecule has 0 unspecified atom stereocenters. The summed E-state index contributed by atoms with van der Waals surface area (Å²) in [4.78, 5) is 15.3. The van der Waals surface area contributed by atoms with Gasteiger partial charge in [0.1, 0.15) is 11.2 Å². The number of rotatable bonds is 7. The summed E-state index contributed by atoms with van der Waals surface area (Å²) < 4.78 is 9.15. The maximum absolute atomic E-state index is 6.66. The van der Waals surface area contributed by atoms with Crippen molar-refractivity contribution in [1.82, 2.24) is 19.5 Å². The molecule has 8 aromatic carbocycles. The van der Waals surface area contributed by atoms with E-state index in [1.54, 1.807) is 0 Å². The quantitative estimate of drug-likeness (QED) is 0.161. The number of hydrogen-bond donors (Lipinski definition) is 0. The third-order valence-electron chi connectivity index (χ3n) is 13.4. The Balaban J connectivity index is 1.13. The van der Waals surface area contributed by atoms with Gasteiger partial charge in [0.15, 0.2) is 17.5 Å². The van der Waals surface area contributed by atoms with Crippen molar-refractivity contribution in [2.24, 2.45) is 0 Å². The van der Waals surface area contributed by atoms with Crippen LogP contribution in [-0.2, 0) is 18.3 Å². The fourth-order valence-electron chi connectivity index (χ4n) is 10.3. The average Bonchev–Trinajstić information content (AvgIpc) is 3.95. The zero-order valence-electron chi connectivity index (χ0n) is 35.8. The number of aryl methyl sites for hydroxylation is 2. The lowest BCUT2D eigenvalue weighted by Gasteiger charge is -2.21. The van der Waals surface area contributed by atoms with Crippen molar-refractivity contribution >= 4 is 43.7 Å². The van der Waals surface area contributed by atoms with E-state index in [-0.39, 0.29) is 5.41 Å². The van der Waals surface area contributed by atoms with Crippen LogP contribution in [0.25, 0.3) is 106 Å². The Hall–Kier alpha value is -7.63. The Labute approximate surface area is 366 Å². The number of hydrogen-bond acceptors (Lipinski definition) is 4. The summed E-state index contributed by atoms with van der Waals surface area (Å²) in [6.07, 6.45) is 1.89. The van der Waals surface area contributed by atoms with Crippen LogP contribution in [0, 0.1) is 0 Å². The van der Waals surface area contributed by atoms with Gasteiger partial charge in [-0.15, -0.1) is 0 Å². The molecule has 3 heterocycles. The van der Waals surface area contributed by atoms with E-state index in [9.17, 15) is 0 Å². The van der Waals surface area contributed by atoms with Gasteiger partial charge in [-0.1, -0.05) is 149 Å². The zero-order chi connectivity index (χ0) is 42.4. The van der Waals surface area contributed by atoms with Gasteiger partial charge in [-0.3, -0.25) is 0 Å². The van der Waals surface area contributed by atoms with E-state index in [0.29, 0.717) is 17.5 Å². The Morgan fingerprint density at radius 3 is 1.76 bits per heavy atom. The van der Waals surface area contributed by atoms with Gasteiger partial charge in [0.05, 0.1) is 11.0 Å². The Morgan fingerprint density at radius 2 is 1.05 bits per heavy atom. The van der Waals surface area contributed by atoms with Crippen molar-refractivity contribution in [3.8, 4) is 62.1 Å². The van der Waals surface area contributed by atoms with E-state index in [1.165, 1.54) is 66.3 Å². The molecule has 5 heteroatoms. The van der Waals surface area contributed by atoms with Gasteiger partial charge in [0, 0.05) is 49.3 Å². The Morgan fingerprint density at radius 1 is 0.444 bits per heavy atom. The molecule has 0 spiro atoms. The molecular weight excluding hydrogens is 769 g/mol. The highest BCUT2D eigenvalue weighted by Gasteiger charge is 2.36. The molecule has 12 rings (SSSR count). The predicted octanol–water partition coefficient (Wildman–Crippen LogP) is 15.0. The molecule has 5 nitrogen and oxygen atoms in total. The van der Waals surface area contributed by atoms with E-state index in [2.05, 4.69) is 129 Å². The van der Waals surface area contributed by atoms with Gasteiger partial charge in [-0.25, -0.2) is 15.0 Å². The molecule has 3 aromatic heterocycles. The molecule has 302 valence electrons. The SMILES string of the molecule is CCc1ccccc1-c1cc2c3cc4c(cc3n(-c3ccc5oc6cccc(-c7nc(-c8ccccc8)nc(-c8ccccc8)n7)c6c5c3)c2cc1CC)C(C)(C)c1ccccc1-4. The van der Waals surface area contributed by atoms with Gasteiger partial charge in [-0.2, -0.15) is 0 Å². The van der Waals surface area contributed by atoms with Gasteiger partial charge in [-0.05, 0) is 106 Å². The van der Waals surface area contributed by atoms with Gasteiger partial charge in [0.2, 0.25) is 0 Å². The van der Waals surface area contributed by atoms with Crippen molar-refractivity contribution in [2.45, 2.75) is 46.0 Å². The van der Waals surface area contributed by atoms with Crippen molar-refractivity contribution in [3.63, 3.8) is 0 Å². The number of benzene rings is 8. The number of furan rings is 1. The molecule has 0 atom stereocenters. The lowest BCUT2D eigenvalue weighted by atomic mass is 9.82. The van der Waals surface area contributed by atoms with Gasteiger partial charge >= 0.3 is 0 Å². The van der Waals surface area contributed by atoms with Crippen LogP contribution in [0.4, 0.5) is 0 Å². The van der Waals surface area contributed by atoms with E-state index >= 15 is 0 Å². The first-order valence-corrected chi connectivity index (χ1v) is 22.1. The molecule has 0 fully saturated rings. The largest absolute Gasteiger partial charge is 0.456 e. The van der Waals surface area contributed by atoms with Crippen molar-refractivity contribution in [1.29, 1.82) is 0 Å². The summed E-state index contributed by atoms with van der Waals surface area (Å²) in [7, 11) is 0. The molecule has 0 aliphatic heterocycles. The Bertz CT molecular complexity index is 3560. The van der Waals surface area contributed by atoms with Crippen LogP contribution >= 0.6 is 0 Å². The number of fused-ring (bicyclic) bond motifs is 9. The zero-order valence-corrected chi connectivity index (χ0v) is 35.8. The lowest BCUT2D eigenvalue weighted by Crippen LogP contribution is -2.14. The lowest BCUT2D eigenvalue weighted by molar-refractivity contribution is 0.661. The molecule has 0 saturated carbocycles. The first-order chi connectivity index (χ1) is 30.9.